The molecule has 0 saturated carbocycles. The van der Waals surface area contributed by atoms with E-state index in [0.29, 0.717) is 24.0 Å². The molecule has 6 nitrogen and oxygen atoms in total. The third-order valence-corrected chi connectivity index (χ3v) is 3.57. The molecule has 0 aromatic rings. The van der Waals surface area contributed by atoms with E-state index in [2.05, 4.69) is 6.58 Å². The smallest absolute Gasteiger partial charge is 0.330 e. The molecule has 0 heterocycles. The van der Waals surface area contributed by atoms with Crippen LogP contribution < -0.4 is 0 Å². The van der Waals surface area contributed by atoms with Gasteiger partial charge in [0, 0.05) is 23.7 Å². The summed E-state index contributed by atoms with van der Waals surface area (Å²) in [5, 5.41) is 0. The third kappa shape index (κ3) is 9.94. The maximum atomic E-state index is 11.1. The molecule has 0 amide bonds. The van der Waals surface area contributed by atoms with E-state index in [0.717, 1.165) is 6.08 Å². The van der Waals surface area contributed by atoms with Crippen molar-refractivity contribution in [3.8, 4) is 0 Å². The lowest BCUT2D eigenvalue weighted by molar-refractivity contribution is -0.896. The Balaban J connectivity index is 4.34. The zero-order valence-electron chi connectivity index (χ0n) is 12.7. The van der Waals surface area contributed by atoms with Gasteiger partial charge in [-0.2, -0.15) is 0 Å². The number of quaternary nitrogens is 1. The SMILES string of the molecule is C=CC(=O)OCC(C)(C)C[N+](C)(C)CCCS(=O)(=O)[O-]. The van der Waals surface area contributed by atoms with Crippen molar-refractivity contribution in [3.63, 3.8) is 0 Å². The fourth-order valence-corrected chi connectivity index (χ4v) is 2.76. The summed E-state index contributed by atoms with van der Waals surface area (Å²) in [4.78, 5) is 11.1. The molecule has 7 heteroatoms. The largest absolute Gasteiger partial charge is 0.748 e. The van der Waals surface area contributed by atoms with Gasteiger partial charge in [-0.1, -0.05) is 20.4 Å². The second-order valence-electron chi connectivity index (χ2n) is 6.41. The second kappa shape index (κ2) is 7.19. The quantitative estimate of drug-likeness (QED) is 0.272. The third-order valence-electron chi connectivity index (χ3n) is 2.79. The van der Waals surface area contributed by atoms with Gasteiger partial charge in [0.1, 0.15) is 6.61 Å². The fraction of sp³-hybridized carbons (Fsp3) is 0.769. The first-order valence-corrected chi connectivity index (χ1v) is 7.99. The van der Waals surface area contributed by atoms with Crippen molar-refractivity contribution >= 4 is 16.1 Å². The molecular weight excluding hydrogens is 282 g/mol. The van der Waals surface area contributed by atoms with E-state index in [4.69, 9.17) is 4.74 Å². The van der Waals surface area contributed by atoms with Crippen LogP contribution in [-0.4, -0.2) is 63.0 Å². The summed E-state index contributed by atoms with van der Waals surface area (Å²) in [5.41, 5.74) is -0.251. The number of rotatable bonds is 9. The number of hydrogen-bond donors (Lipinski definition) is 0. The Morgan fingerprint density at radius 2 is 1.95 bits per heavy atom. The van der Waals surface area contributed by atoms with Crippen LogP contribution in [0.2, 0.25) is 0 Å². The van der Waals surface area contributed by atoms with Gasteiger partial charge in [0.15, 0.2) is 0 Å². The van der Waals surface area contributed by atoms with Crippen LogP contribution in [0.3, 0.4) is 0 Å². The Hall–Kier alpha value is -0.920. The van der Waals surface area contributed by atoms with Crippen LogP contribution in [0.4, 0.5) is 0 Å². The summed E-state index contributed by atoms with van der Waals surface area (Å²) < 4.78 is 37.3. The number of hydrogen-bond acceptors (Lipinski definition) is 5. The van der Waals surface area contributed by atoms with Crippen LogP contribution in [0.5, 0.6) is 0 Å². The van der Waals surface area contributed by atoms with Crippen molar-refractivity contribution in [1.82, 2.24) is 0 Å². The summed E-state index contributed by atoms with van der Waals surface area (Å²) in [6, 6.07) is 0. The highest BCUT2D eigenvalue weighted by Gasteiger charge is 2.29. The van der Waals surface area contributed by atoms with Crippen LogP contribution in [0, 0.1) is 5.41 Å². The monoisotopic (exact) mass is 307 g/mol. The zero-order valence-corrected chi connectivity index (χ0v) is 13.5. The predicted octanol–water partition coefficient (Wildman–Crippen LogP) is 0.754. The lowest BCUT2D eigenvalue weighted by Crippen LogP contribution is -2.48. The minimum absolute atomic E-state index is 0.251. The first-order chi connectivity index (χ1) is 8.87. The molecule has 0 aliphatic heterocycles. The van der Waals surface area contributed by atoms with Gasteiger partial charge in [0.05, 0.1) is 37.3 Å². The van der Waals surface area contributed by atoms with Crippen LogP contribution in [0.25, 0.3) is 0 Å². The Morgan fingerprint density at radius 3 is 2.40 bits per heavy atom. The zero-order chi connectivity index (χ0) is 16.0. The molecule has 0 unspecified atom stereocenters. The number of carbonyl (C=O) groups excluding carboxylic acids is 1. The summed E-state index contributed by atoms with van der Waals surface area (Å²) in [6.45, 7) is 8.79. The molecule has 0 aromatic heterocycles. The molecule has 0 spiro atoms. The molecule has 118 valence electrons. The molecule has 0 radical (unpaired) electrons. The van der Waals surface area contributed by atoms with E-state index in [9.17, 15) is 17.8 Å². The lowest BCUT2D eigenvalue weighted by atomic mass is 9.93. The standard InChI is InChI=1S/C13H25NO5S/c1-6-12(15)19-11-13(2,3)10-14(4,5)8-7-9-20(16,17)18/h6H,1,7-11H2,2-5H3. The molecule has 0 aliphatic rings. The van der Waals surface area contributed by atoms with Crippen LogP contribution in [0.1, 0.15) is 20.3 Å². The topological polar surface area (TPSA) is 83.5 Å². The van der Waals surface area contributed by atoms with Crippen molar-refractivity contribution in [2.24, 2.45) is 5.41 Å². The van der Waals surface area contributed by atoms with Crippen molar-refractivity contribution in [1.29, 1.82) is 0 Å². The van der Waals surface area contributed by atoms with Crippen molar-refractivity contribution in [3.05, 3.63) is 12.7 Å². The summed E-state index contributed by atoms with van der Waals surface area (Å²) >= 11 is 0. The maximum Gasteiger partial charge on any atom is 0.330 e. The van der Waals surface area contributed by atoms with E-state index in [1.807, 2.05) is 27.9 Å². The van der Waals surface area contributed by atoms with Gasteiger partial charge >= 0.3 is 5.97 Å². The first kappa shape index (κ1) is 19.1. The second-order valence-corrected chi connectivity index (χ2v) is 7.93. The normalized spacial score (nSPS) is 13.1. The van der Waals surface area contributed by atoms with Gasteiger partial charge < -0.3 is 13.8 Å². The minimum atomic E-state index is -4.16. The highest BCUT2D eigenvalue weighted by atomic mass is 32.2. The van der Waals surface area contributed by atoms with Crippen LogP contribution >= 0.6 is 0 Å². The van der Waals surface area contributed by atoms with E-state index in [1.54, 1.807) is 0 Å². The number of nitrogens with zero attached hydrogens (tertiary/aromatic N) is 1. The predicted molar refractivity (Wildman–Crippen MR) is 76.0 cm³/mol. The fourth-order valence-electron chi connectivity index (χ4n) is 2.28. The van der Waals surface area contributed by atoms with E-state index >= 15 is 0 Å². The molecule has 0 bridgehead atoms. The molecule has 20 heavy (non-hydrogen) atoms. The Bertz CT molecular complexity index is 440. The lowest BCUT2D eigenvalue weighted by Gasteiger charge is -2.37. The average molecular weight is 307 g/mol. The average Bonchev–Trinajstić information content (AvgIpc) is 2.22. The molecule has 0 aromatic carbocycles. The number of esters is 1. The van der Waals surface area contributed by atoms with Gasteiger partial charge in [-0.05, 0) is 0 Å². The summed E-state index contributed by atoms with van der Waals surface area (Å²) in [5.74, 6) is -0.804. The summed E-state index contributed by atoms with van der Waals surface area (Å²) in [6.07, 6.45) is 1.44. The minimum Gasteiger partial charge on any atom is -0.748 e. The molecule has 0 atom stereocenters. The van der Waals surface area contributed by atoms with E-state index < -0.39 is 16.1 Å². The van der Waals surface area contributed by atoms with Gasteiger partial charge in [-0.15, -0.1) is 0 Å². The molecule has 0 rings (SSSR count). The molecule has 0 aliphatic carbocycles. The Kier molecular flexibility index (Phi) is 6.86. The Morgan fingerprint density at radius 1 is 1.40 bits per heavy atom. The number of ether oxygens (including phenoxy) is 1. The molecule has 0 N–H and O–H groups in total. The highest BCUT2D eigenvalue weighted by molar-refractivity contribution is 7.85. The molecule has 0 saturated heterocycles. The van der Waals surface area contributed by atoms with Gasteiger partial charge in [0.25, 0.3) is 0 Å². The molecule has 0 fully saturated rings. The van der Waals surface area contributed by atoms with E-state index in [-0.39, 0.29) is 17.8 Å². The Labute approximate surface area is 121 Å². The molecular formula is C13H25NO5S. The van der Waals surface area contributed by atoms with Gasteiger partial charge in [-0.3, -0.25) is 0 Å². The van der Waals surface area contributed by atoms with Gasteiger partial charge in [0.2, 0.25) is 0 Å². The summed E-state index contributed by atoms with van der Waals surface area (Å²) in [7, 11) is -0.250. The number of carbonyl (C=O) groups is 1. The van der Waals surface area contributed by atoms with Crippen molar-refractivity contribution < 1.29 is 27.0 Å². The van der Waals surface area contributed by atoms with Crippen molar-refractivity contribution in [2.45, 2.75) is 20.3 Å². The van der Waals surface area contributed by atoms with Crippen LogP contribution in [-0.2, 0) is 19.6 Å². The maximum absolute atomic E-state index is 11.1. The first-order valence-electron chi connectivity index (χ1n) is 6.42. The highest BCUT2D eigenvalue weighted by Crippen LogP contribution is 2.20. The van der Waals surface area contributed by atoms with E-state index in [1.165, 1.54) is 0 Å². The van der Waals surface area contributed by atoms with Crippen LogP contribution in [0.15, 0.2) is 12.7 Å². The van der Waals surface area contributed by atoms with Gasteiger partial charge in [-0.25, -0.2) is 13.2 Å². The van der Waals surface area contributed by atoms with Crippen molar-refractivity contribution in [2.75, 3.05) is 39.5 Å².